The van der Waals surface area contributed by atoms with E-state index in [-0.39, 0.29) is 50.6 Å². The van der Waals surface area contributed by atoms with Crippen molar-refractivity contribution in [3.05, 3.63) is 52.8 Å². The molecule has 60 heavy (non-hydrogen) atoms. The van der Waals surface area contributed by atoms with Gasteiger partial charge >= 0.3 is 11.8 Å². The summed E-state index contributed by atoms with van der Waals surface area (Å²) >= 11 is 0. The van der Waals surface area contributed by atoms with Crippen molar-refractivity contribution in [1.82, 2.24) is 0 Å². The third-order valence-corrected chi connectivity index (χ3v) is 11.8. The molecule has 6 N–H and O–H groups in total. The van der Waals surface area contributed by atoms with Gasteiger partial charge in [0.2, 0.25) is 0 Å². The van der Waals surface area contributed by atoms with E-state index >= 15 is 0 Å². The first-order valence-corrected chi connectivity index (χ1v) is 20.5. The zero-order valence-corrected chi connectivity index (χ0v) is 36.4. The number of aromatic hydroxyl groups is 3. The largest absolute Gasteiger partial charge is 0.507 e. The molecule has 0 aliphatic carbocycles. The number of fused-ring (bicyclic) bond motifs is 14. The molecule has 3 aliphatic rings. The zero-order valence-electron chi connectivity index (χ0n) is 36.4. The van der Waals surface area contributed by atoms with Gasteiger partial charge in [-0.1, -0.05) is 71.3 Å². The number of aliphatic hydroxyl groups excluding tert-OH is 2. The Morgan fingerprint density at radius 2 is 1.67 bits per heavy atom. The fourth-order valence-corrected chi connectivity index (χ4v) is 7.80. The summed E-state index contributed by atoms with van der Waals surface area (Å²) in [6.45, 7) is 16.5. The van der Waals surface area contributed by atoms with E-state index in [1.807, 2.05) is 6.92 Å². The number of benzene rings is 2. The molecule has 0 aromatic heterocycles. The van der Waals surface area contributed by atoms with Crippen LogP contribution in [0.3, 0.4) is 0 Å². The molecule has 0 radical (unpaired) electrons. The second-order valence-electron chi connectivity index (χ2n) is 16.1. The molecule has 10 atom stereocenters. The van der Waals surface area contributed by atoms with Gasteiger partial charge < -0.3 is 54.6 Å². The van der Waals surface area contributed by atoms with Gasteiger partial charge in [-0.2, -0.15) is 0 Å². The number of ketones is 1. The number of carbonyl (C=O) groups excluding carboxylic acids is 3. The lowest BCUT2D eigenvalue weighted by molar-refractivity contribution is -0.160. The van der Waals surface area contributed by atoms with Gasteiger partial charge in [-0.25, -0.2) is 0 Å². The first-order chi connectivity index (χ1) is 28.3. The predicted octanol–water partition coefficient (Wildman–Crippen LogP) is 7.07. The van der Waals surface area contributed by atoms with Gasteiger partial charge in [0, 0.05) is 61.2 Å². The lowest BCUT2D eigenvalue weighted by Gasteiger charge is -2.38. The van der Waals surface area contributed by atoms with Crippen LogP contribution in [0.25, 0.3) is 10.8 Å². The number of Topliss-reactive ketones (excluding diaryl/α,β-unsaturated/α-hetero) is 1. The van der Waals surface area contributed by atoms with E-state index in [0.29, 0.717) is 12.8 Å². The average molecular weight is 839 g/mol. The van der Waals surface area contributed by atoms with Gasteiger partial charge in [0.25, 0.3) is 11.7 Å². The molecule has 3 heterocycles. The molecule has 15 heteroatoms. The minimum Gasteiger partial charge on any atom is -0.507 e. The van der Waals surface area contributed by atoms with E-state index in [0.717, 1.165) is 19.1 Å². The van der Waals surface area contributed by atoms with Crippen LogP contribution in [0.5, 0.6) is 23.0 Å². The summed E-state index contributed by atoms with van der Waals surface area (Å²) in [5.41, 5.74) is -0.555. The van der Waals surface area contributed by atoms with Gasteiger partial charge in [-0.05, 0) is 39.2 Å². The number of nitrogens with one attached hydrogen (secondary N) is 1. The number of phenols is 3. The van der Waals surface area contributed by atoms with Crippen molar-refractivity contribution < 1.29 is 63.7 Å². The number of allylic oxidation sites excluding steroid dienone is 2. The number of carbonyl (C=O) groups is 3. The second-order valence-corrected chi connectivity index (χ2v) is 16.1. The van der Waals surface area contributed by atoms with Crippen LogP contribution in [0, 0.1) is 30.6 Å². The summed E-state index contributed by atoms with van der Waals surface area (Å²) in [6.07, 6.45) is 7.53. The third kappa shape index (κ3) is 9.74. The Balaban J connectivity index is 1.97. The molecule has 330 valence electrons. The fourth-order valence-electron chi connectivity index (χ4n) is 7.80. The molecule has 1 amide bonds. The van der Waals surface area contributed by atoms with Crippen molar-refractivity contribution in [2.45, 2.75) is 131 Å². The van der Waals surface area contributed by atoms with Crippen LogP contribution in [0.15, 0.2) is 41.3 Å². The van der Waals surface area contributed by atoms with Crippen LogP contribution in [0.4, 0.5) is 5.69 Å². The smallest absolute Gasteiger partial charge is 0.312 e. The minimum absolute atomic E-state index is 0.0398. The predicted molar refractivity (Wildman–Crippen MR) is 226 cm³/mol. The Kier molecular flexibility index (Phi) is 15.8. The monoisotopic (exact) mass is 838 g/mol. The fraction of sp³-hybridized carbons (Fsp3) is 0.556. The molecule has 5 bridgehead atoms. The number of esters is 1. The summed E-state index contributed by atoms with van der Waals surface area (Å²) in [5.74, 6) is -8.57. The highest BCUT2D eigenvalue weighted by atomic mass is 16.7. The van der Waals surface area contributed by atoms with Crippen molar-refractivity contribution in [2.75, 3.05) is 12.4 Å². The van der Waals surface area contributed by atoms with Crippen molar-refractivity contribution in [1.29, 1.82) is 0 Å². The van der Waals surface area contributed by atoms with Crippen LogP contribution in [0.2, 0.25) is 0 Å². The lowest BCUT2D eigenvalue weighted by Crippen LogP contribution is -2.46. The number of methoxy groups -OCH3 is 1. The summed E-state index contributed by atoms with van der Waals surface area (Å²) in [4.78, 5) is 46.2. The van der Waals surface area contributed by atoms with Gasteiger partial charge in [-0.15, -0.1) is 0 Å². The second kappa shape index (κ2) is 20.0. The number of aliphatic hydroxyl groups is 2. The van der Waals surface area contributed by atoms with E-state index in [1.54, 1.807) is 39.8 Å². The Hall–Kier alpha value is -5.12. The molecule has 0 fully saturated rings. The van der Waals surface area contributed by atoms with Crippen LogP contribution in [-0.2, 0) is 28.6 Å². The van der Waals surface area contributed by atoms with Crippen molar-refractivity contribution >= 4 is 40.3 Å². The molecule has 2 aromatic rings. The molecular formula is C45H62N2O13. The number of hydrogen-bond donors (Lipinski definition) is 6. The van der Waals surface area contributed by atoms with Crippen molar-refractivity contribution in [3.63, 3.8) is 0 Å². The number of nitrogens with zero attached hydrogens (tertiary/aromatic N) is 1. The molecular weight excluding hydrogens is 776 g/mol. The SMILES string of the molecule is CCCCC(CC)O/N=C/c1c2c(O)c3c(O)c(C)c4c(c3c1O)C(=O)[C@@](C)(O/C=C/[C@H](OC)[C@@H](C)[C@@H](OC(C)=O)[C@H](C)[C@H](O)[C@H](C)[C@@H](O)[C@H](C)/C=C/C=C(/C)C(=O)N2)O4. The van der Waals surface area contributed by atoms with E-state index in [2.05, 4.69) is 17.4 Å². The number of unbranched alkanes of at least 4 members (excludes halogenated alkanes) is 1. The Bertz CT molecular complexity index is 2040. The number of amides is 1. The summed E-state index contributed by atoms with van der Waals surface area (Å²) in [6, 6.07) is 0. The maximum Gasteiger partial charge on any atom is 0.312 e. The Morgan fingerprint density at radius 1 is 0.983 bits per heavy atom. The zero-order chi connectivity index (χ0) is 44.8. The highest BCUT2D eigenvalue weighted by molar-refractivity contribution is 6.23. The molecule has 3 aliphatic heterocycles. The Morgan fingerprint density at radius 3 is 2.28 bits per heavy atom. The topological polar surface area (TPSA) is 223 Å². The normalized spacial score (nSPS) is 30.3. The number of oxime groups is 1. The summed E-state index contributed by atoms with van der Waals surface area (Å²) < 4.78 is 23.6. The molecule has 0 spiro atoms. The summed E-state index contributed by atoms with van der Waals surface area (Å²) in [7, 11) is 1.43. The Labute approximate surface area is 351 Å². The lowest BCUT2D eigenvalue weighted by atomic mass is 9.78. The van der Waals surface area contributed by atoms with Crippen LogP contribution in [-0.4, -0.2) is 92.8 Å². The van der Waals surface area contributed by atoms with Crippen molar-refractivity contribution in [2.24, 2.45) is 28.8 Å². The van der Waals surface area contributed by atoms with E-state index < -0.39 is 88.8 Å². The molecule has 5 rings (SSSR count). The molecule has 1 unspecified atom stereocenters. The summed E-state index contributed by atoms with van der Waals surface area (Å²) in [5, 5.41) is 64.5. The van der Waals surface area contributed by atoms with Crippen molar-refractivity contribution in [3.8, 4) is 23.0 Å². The van der Waals surface area contributed by atoms with Crippen LogP contribution < -0.4 is 10.1 Å². The average Bonchev–Trinajstić information content (AvgIpc) is 3.48. The first kappa shape index (κ1) is 47.6. The molecule has 2 aromatic carbocycles. The van der Waals surface area contributed by atoms with E-state index in [1.165, 1.54) is 53.2 Å². The number of rotatable bonds is 9. The molecule has 15 nitrogen and oxygen atoms in total. The number of hydrogen-bond acceptors (Lipinski definition) is 14. The maximum atomic E-state index is 14.4. The number of anilines is 1. The molecule has 0 saturated heterocycles. The van der Waals surface area contributed by atoms with E-state index in [4.69, 9.17) is 23.8 Å². The number of phenolic OH excluding ortho intramolecular Hbond substituents is 3. The van der Waals surface area contributed by atoms with E-state index in [9.17, 15) is 39.9 Å². The minimum atomic E-state index is -2.06. The third-order valence-electron chi connectivity index (χ3n) is 11.8. The highest BCUT2D eigenvalue weighted by Crippen LogP contribution is 2.55. The maximum absolute atomic E-state index is 14.4. The van der Waals surface area contributed by atoms with Crippen LogP contribution in [0.1, 0.15) is 109 Å². The highest BCUT2D eigenvalue weighted by Gasteiger charge is 2.50. The first-order valence-electron chi connectivity index (χ1n) is 20.5. The van der Waals surface area contributed by atoms with Crippen LogP contribution >= 0.6 is 0 Å². The van der Waals surface area contributed by atoms with Gasteiger partial charge in [0.05, 0.1) is 53.0 Å². The van der Waals surface area contributed by atoms with Gasteiger partial charge in [0.15, 0.2) is 5.75 Å². The van der Waals surface area contributed by atoms with Gasteiger partial charge in [0.1, 0.15) is 29.5 Å². The molecule has 0 saturated carbocycles. The number of ether oxygens (including phenoxy) is 4. The standard InChI is InChI=1S/C45H62N2O13/c1-12-14-18-29(13-2)60-46-21-30-35-40(53)33-32(39(30)52)34-42(27(8)38(33)51)59-45(10,43(34)54)57-20-19-31(56-11)24(5)41(58-28(9)48)26(7)37(50)25(6)36(49)22(3)16-15-17-23(4)44(55)47-35/h15-17,19-22,24-26,29,31,36-37,41,49-53H,12-14,18H2,1-11H3,(H,47,55)/b16-15+,20-19+,23-17-,46-21+/t22-,24-,25-,26-,29?,31+,36+,37-,41-,45+/m1/s1. The quantitative estimate of drug-likeness (QED) is 0.0489. The van der Waals surface area contributed by atoms with Gasteiger partial charge in [-0.3, -0.25) is 14.4 Å².